The van der Waals surface area contributed by atoms with E-state index in [4.69, 9.17) is 4.74 Å². The van der Waals surface area contributed by atoms with E-state index in [9.17, 15) is 0 Å². The first-order valence-electron chi connectivity index (χ1n) is 7.51. The lowest BCUT2D eigenvalue weighted by Gasteiger charge is -2.19. The SMILES string of the molecule is CN(CCCNCCOc1ccccc1)c1ccccc1. The molecule has 0 bridgehead atoms. The Bertz CT molecular complexity index is 487. The number of benzene rings is 2. The molecule has 3 nitrogen and oxygen atoms in total. The average Bonchev–Trinajstić information content (AvgIpc) is 2.55. The monoisotopic (exact) mass is 284 g/mol. The summed E-state index contributed by atoms with van der Waals surface area (Å²) in [5.74, 6) is 0.933. The van der Waals surface area contributed by atoms with E-state index in [2.05, 4.69) is 41.5 Å². The van der Waals surface area contributed by atoms with Crippen LogP contribution in [0.25, 0.3) is 0 Å². The van der Waals surface area contributed by atoms with Crippen LogP contribution in [0.2, 0.25) is 0 Å². The lowest BCUT2D eigenvalue weighted by Crippen LogP contribution is -2.26. The Hall–Kier alpha value is -2.00. The van der Waals surface area contributed by atoms with Gasteiger partial charge in [-0.25, -0.2) is 0 Å². The summed E-state index contributed by atoms with van der Waals surface area (Å²) in [6, 6.07) is 20.4. The molecule has 0 saturated carbocycles. The Morgan fingerprint density at radius 1 is 0.905 bits per heavy atom. The lowest BCUT2D eigenvalue weighted by molar-refractivity contribution is 0.314. The van der Waals surface area contributed by atoms with Crippen molar-refractivity contribution in [1.82, 2.24) is 5.32 Å². The average molecular weight is 284 g/mol. The maximum atomic E-state index is 5.63. The third-order valence-corrected chi connectivity index (χ3v) is 3.33. The minimum absolute atomic E-state index is 0.707. The van der Waals surface area contributed by atoms with Gasteiger partial charge in [-0.2, -0.15) is 0 Å². The Balaban J connectivity index is 1.50. The molecule has 0 atom stereocenters. The third-order valence-electron chi connectivity index (χ3n) is 3.33. The number of para-hydroxylation sites is 2. The number of nitrogens with zero attached hydrogens (tertiary/aromatic N) is 1. The predicted octanol–water partition coefficient (Wildman–Crippen LogP) is 3.18. The molecule has 2 aromatic carbocycles. The van der Waals surface area contributed by atoms with Crippen LogP contribution in [0.5, 0.6) is 5.75 Å². The number of anilines is 1. The van der Waals surface area contributed by atoms with E-state index in [-0.39, 0.29) is 0 Å². The topological polar surface area (TPSA) is 24.5 Å². The van der Waals surface area contributed by atoms with Crippen LogP contribution in [-0.2, 0) is 0 Å². The zero-order valence-corrected chi connectivity index (χ0v) is 12.7. The molecule has 0 amide bonds. The van der Waals surface area contributed by atoms with Gasteiger partial charge in [0.25, 0.3) is 0 Å². The van der Waals surface area contributed by atoms with E-state index in [1.807, 2.05) is 36.4 Å². The first kappa shape index (κ1) is 15.4. The molecule has 3 heteroatoms. The molecule has 1 N–H and O–H groups in total. The smallest absolute Gasteiger partial charge is 0.119 e. The lowest BCUT2D eigenvalue weighted by atomic mass is 10.3. The van der Waals surface area contributed by atoms with Gasteiger partial charge in [0.05, 0.1) is 0 Å². The van der Waals surface area contributed by atoms with Crippen molar-refractivity contribution in [2.75, 3.05) is 38.2 Å². The van der Waals surface area contributed by atoms with Gasteiger partial charge in [-0.1, -0.05) is 36.4 Å². The van der Waals surface area contributed by atoms with Crippen molar-refractivity contribution in [1.29, 1.82) is 0 Å². The van der Waals surface area contributed by atoms with Gasteiger partial charge in [0.1, 0.15) is 12.4 Å². The van der Waals surface area contributed by atoms with Gasteiger partial charge >= 0.3 is 0 Å². The van der Waals surface area contributed by atoms with Crippen molar-refractivity contribution in [2.45, 2.75) is 6.42 Å². The molecule has 2 aromatic rings. The predicted molar refractivity (Wildman–Crippen MR) is 89.1 cm³/mol. The Morgan fingerprint density at radius 2 is 1.57 bits per heavy atom. The molecule has 112 valence electrons. The van der Waals surface area contributed by atoms with Crippen LogP contribution >= 0.6 is 0 Å². The van der Waals surface area contributed by atoms with Gasteiger partial charge in [-0.3, -0.25) is 0 Å². The molecule has 0 spiro atoms. The maximum absolute atomic E-state index is 5.63. The minimum Gasteiger partial charge on any atom is -0.492 e. The zero-order valence-electron chi connectivity index (χ0n) is 12.7. The fourth-order valence-corrected chi connectivity index (χ4v) is 2.14. The van der Waals surface area contributed by atoms with Crippen molar-refractivity contribution < 1.29 is 4.74 Å². The molecular weight excluding hydrogens is 260 g/mol. The summed E-state index contributed by atoms with van der Waals surface area (Å²) in [7, 11) is 2.13. The molecule has 21 heavy (non-hydrogen) atoms. The van der Waals surface area contributed by atoms with Gasteiger partial charge < -0.3 is 15.0 Å². The van der Waals surface area contributed by atoms with E-state index in [1.165, 1.54) is 5.69 Å². The Kier molecular flexibility index (Phi) is 6.62. The highest BCUT2D eigenvalue weighted by molar-refractivity contribution is 5.44. The number of ether oxygens (including phenoxy) is 1. The van der Waals surface area contributed by atoms with Crippen molar-refractivity contribution in [3.8, 4) is 5.75 Å². The second kappa shape index (κ2) is 9.03. The van der Waals surface area contributed by atoms with Gasteiger partial charge in [-0.05, 0) is 37.2 Å². The largest absolute Gasteiger partial charge is 0.492 e. The number of nitrogens with one attached hydrogen (secondary N) is 1. The van der Waals surface area contributed by atoms with Crippen LogP contribution in [0.1, 0.15) is 6.42 Å². The molecule has 2 rings (SSSR count). The Morgan fingerprint density at radius 3 is 2.29 bits per heavy atom. The first-order valence-corrected chi connectivity index (χ1v) is 7.51. The molecular formula is C18H24N2O. The summed E-state index contributed by atoms with van der Waals surface area (Å²) >= 11 is 0. The third kappa shape index (κ3) is 5.88. The fourth-order valence-electron chi connectivity index (χ4n) is 2.14. The highest BCUT2D eigenvalue weighted by Gasteiger charge is 1.98. The standard InChI is InChI=1S/C18H24N2O/c1-20(17-9-4-2-5-10-17)15-8-13-19-14-16-21-18-11-6-3-7-12-18/h2-7,9-12,19H,8,13-16H2,1H3. The summed E-state index contributed by atoms with van der Waals surface area (Å²) in [6.07, 6.45) is 1.12. The number of hydrogen-bond donors (Lipinski definition) is 1. The number of rotatable bonds is 9. The van der Waals surface area contributed by atoms with Crippen LogP contribution in [0.4, 0.5) is 5.69 Å². The highest BCUT2D eigenvalue weighted by Crippen LogP contribution is 2.10. The van der Waals surface area contributed by atoms with Crippen molar-refractivity contribution >= 4 is 5.69 Å². The van der Waals surface area contributed by atoms with Crippen LogP contribution < -0.4 is 15.0 Å². The van der Waals surface area contributed by atoms with Gasteiger partial charge in [0, 0.05) is 25.8 Å². The van der Waals surface area contributed by atoms with Crippen LogP contribution in [0.3, 0.4) is 0 Å². The molecule has 0 fully saturated rings. The van der Waals surface area contributed by atoms with Crippen LogP contribution in [-0.4, -0.2) is 33.3 Å². The van der Waals surface area contributed by atoms with Gasteiger partial charge in [0.15, 0.2) is 0 Å². The fraction of sp³-hybridized carbons (Fsp3) is 0.333. The summed E-state index contributed by atoms with van der Waals surface area (Å²) in [5, 5.41) is 3.41. The van der Waals surface area contributed by atoms with Crippen molar-refractivity contribution in [2.24, 2.45) is 0 Å². The zero-order chi connectivity index (χ0) is 14.8. The Labute approximate surface area is 127 Å². The minimum atomic E-state index is 0.707. The van der Waals surface area contributed by atoms with E-state index < -0.39 is 0 Å². The quantitative estimate of drug-likeness (QED) is 0.716. The normalized spacial score (nSPS) is 10.3. The van der Waals surface area contributed by atoms with Gasteiger partial charge in [0.2, 0.25) is 0 Å². The summed E-state index contributed by atoms with van der Waals surface area (Å²) in [4.78, 5) is 2.28. The van der Waals surface area contributed by atoms with Crippen LogP contribution in [0.15, 0.2) is 60.7 Å². The second-order valence-electron chi connectivity index (χ2n) is 5.02. The number of hydrogen-bond acceptors (Lipinski definition) is 3. The van der Waals surface area contributed by atoms with E-state index in [0.717, 1.165) is 31.8 Å². The summed E-state index contributed by atoms with van der Waals surface area (Å²) < 4.78 is 5.63. The molecule has 0 radical (unpaired) electrons. The maximum Gasteiger partial charge on any atom is 0.119 e. The second-order valence-corrected chi connectivity index (χ2v) is 5.02. The summed E-state index contributed by atoms with van der Waals surface area (Å²) in [6.45, 7) is 3.65. The van der Waals surface area contributed by atoms with E-state index >= 15 is 0 Å². The van der Waals surface area contributed by atoms with E-state index in [1.54, 1.807) is 0 Å². The summed E-state index contributed by atoms with van der Waals surface area (Å²) in [5.41, 5.74) is 1.27. The van der Waals surface area contributed by atoms with Crippen molar-refractivity contribution in [3.05, 3.63) is 60.7 Å². The van der Waals surface area contributed by atoms with Crippen LogP contribution in [0, 0.1) is 0 Å². The molecule has 0 aliphatic rings. The molecule has 0 aromatic heterocycles. The molecule has 0 heterocycles. The highest BCUT2D eigenvalue weighted by atomic mass is 16.5. The molecule has 0 aliphatic carbocycles. The van der Waals surface area contributed by atoms with E-state index in [0.29, 0.717) is 6.61 Å². The van der Waals surface area contributed by atoms with Gasteiger partial charge in [-0.15, -0.1) is 0 Å². The molecule has 0 unspecified atom stereocenters. The first-order chi connectivity index (χ1) is 10.4. The molecule has 0 saturated heterocycles. The molecule has 0 aliphatic heterocycles. The van der Waals surface area contributed by atoms with Crippen molar-refractivity contribution in [3.63, 3.8) is 0 Å².